The molecule has 0 heterocycles. The van der Waals surface area contributed by atoms with Gasteiger partial charge in [-0.2, -0.15) is 16.8 Å². The lowest BCUT2D eigenvalue weighted by atomic mass is 10.2. The minimum absolute atomic E-state index is 0.0124. The van der Waals surface area contributed by atoms with Crippen molar-refractivity contribution in [3.05, 3.63) is 42.5 Å². The Balaban J connectivity index is 2.08. The summed E-state index contributed by atoms with van der Waals surface area (Å²) in [6.07, 6.45) is 0. The highest BCUT2D eigenvalue weighted by atomic mass is 32.3. The SMILES string of the molecule is COc1ccc(S(=O)(=O)CCOSOOO)cc1/N=N/c1cc(S(=O)(=O)O)c(N)c(/N=N/c2cc(S(=O)(=O)CCOS(=O)(=O)O)ccc2OC)c1N. The minimum atomic E-state index is -5.08. The first-order valence-electron chi connectivity index (χ1n) is 13.5. The average molecular weight is 833 g/mol. The summed E-state index contributed by atoms with van der Waals surface area (Å²) in [4.78, 5) is -1.63. The first kappa shape index (κ1) is 42.3. The smallest absolute Gasteiger partial charge is 0.397 e. The third-order valence-electron chi connectivity index (χ3n) is 6.27. The molecule has 0 aliphatic carbocycles. The van der Waals surface area contributed by atoms with Gasteiger partial charge in [0.15, 0.2) is 32.0 Å². The van der Waals surface area contributed by atoms with Gasteiger partial charge in [-0.1, -0.05) is 5.04 Å². The zero-order valence-electron chi connectivity index (χ0n) is 26.4. The molecule has 0 aliphatic rings. The molecule has 52 heavy (non-hydrogen) atoms. The number of ether oxygens (including phenoxy) is 2. The second-order valence-corrected chi connectivity index (χ2v) is 16.7. The Morgan fingerprint density at radius 3 is 1.67 bits per heavy atom. The predicted octanol–water partition coefficient (Wildman–Crippen LogP) is 3.31. The highest BCUT2D eigenvalue weighted by Crippen LogP contribution is 2.44. The van der Waals surface area contributed by atoms with Gasteiger partial charge in [-0.05, 0) is 42.5 Å². The molecule has 0 spiro atoms. The van der Waals surface area contributed by atoms with Crippen molar-refractivity contribution in [2.45, 2.75) is 14.7 Å². The molecule has 3 aromatic carbocycles. The number of nitrogens with zero attached hydrogens (tertiary/aromatic N) is 4. The summed E-state index contributed by atoms with van der Waals surface area (Å²) in [6.45, 7) is -1.32. The van der Waals surface area contributed by atoms with Crippen LogP contribution in [-0.2, 0) is 57.9 Å². The maximum absolute atomic E-state index is 12.8. The molecule has 7 N–H and O–H groups in total. The van der Waals surface area contributed by atoms with Crippen LogP contribution >= 0.6 is 12.3 Å². The molecule has 3 aromatic rings. The fourth-order valence-corrected chi connectivity index (χ4v) is 7.42. The molecule has 0 radical (unpaired) electrons. The van der Waals surface area contributed by atoms with E-state index in [0.29, 0.717) is 0 Å². The van der Waals surface area contributed by atoms with Crippen LogP contribution < -0.4 is 20.9 Å². The van der Waals surface area contributed by atoms with Gasteiger partial charge in [0.05, 0.1) is 60.1 Å². The summed E-state index contributed by atoms with van der Waals surface area (Å²) < 4.78 is 139. The molecule has 0 aromatic heterocycles. The first-order valence-corrected chi connectivity index (χ1v) is 20.2. The van der Waals surface area contributed by atoms with E-state index in [4.69, 9.17) is 34.9 Å². The molecule has 0 unspecified atom stereocenters. The van der Waals surface area contributed by atoms with Gasteiger partial charge >= 0.3 is 10.4 Å². The third kappa shape index (κ3) is 11.5. The number of sulfone groups is 2. The number of rotatable bonds is 19. The molecular formula is C24H28N6O17S5. The second-order valence-electron chi connectivity index (χ2n) is 9.53. The van der Waals surface area contributed by atoms with E-state index in [9.17, 15) is 38.2 Å². The maximum Gasteiger partial charge on any atom is 0.397 e. The molecule has 0 aliphatic heterocycles. The maximum atomic E-state index is 12.8. The van der Waals surface area contributed by atoms with Gasteiger partial charge in [0.1, 0.15) is 39.1 Å². The first-order chi connectivity index (χ1) is 24.2. The van der Waals surface area contributed by atoms with Crippen LogP contribution in [0.4, 0.5) is 34.1 Å². The summed E-state index contributed by atoms with van der Waals surface area (Å²) in [7, 11) is -15.8. The molecule has 0 fully saturated rings. The molecule has 0 saturated carbocycles. The number of anilines is 2. The summed E-state index contributed by atoms with van der Waals surface area (Å²) in [5, 5.41) is 27.0. The molecule has 0 bridgehead atoms. The summed E-state index contributed by atoms with van der Waals surface area (Å²) in [6, 6.07) is 7.47. The van der Waals surface area contributed by atoms with Crippen LogP contribution in [0.25, 0.3) is 0 Å². The predicted molar refractivity (Wildman–Crippen MR) is 179 cm³/mol. The fourth-order valence-electron chi connectivity index (χ4n) is 3.86. The van der Waals surface area contributed by atoms with Crippen molar-refractivity contribution in [3.63, 3.8) is 0 Å². The van der Waals surface area contributed by atoms with Crippen LogP contribution in [0, 0.1) is 0 Å². The van der Waals surface area contributed by atoms with E-state index in [2.05, 4.69) is 34.0 Å². The largest absolute Gasteiger partial charge is 0.494 e. The molecule has 3 rings (SSSR count). The van der Waals surface area contributed by atoms with E-state index < -0.39 is 97.5 Å². The number of methoxy groups -OCH3 is 2. The Morgan fingerprint density at radius 1 is 0.692 bits per heavy atom. The van der Waals surface area contributed by atoms with Crippen LogP contribution in [0.2, 0.25) is 0 Å². The van der Waals surface area contributed by atoms with Crippen molar-refractivity contribution in [2.24, 2.45) is 20.5 Å². The summed E-state index contributed by atoms with van der Waals surface area (Å²) in [5.41, 5.74) is 9.47. The minimum Gasteiger partial charge on any atom is -0.494 e. The second kappa shape index (κ2) is 17.6. The highest BCUT2D eigenvalue weighted by Gasteiger charge is 2.24. The Labute approximate surface area is 300 Å². The van der Waals surface area contributed by atoms with Gasteiger partial charge in [-0.25, -0.2) is 26.3 Å². The lowest BCUT2D eigenvalue weighted by Crippen LogP contribution is -2.15. The van der Waals surface area contributed by atoms with E-state index in [0.717, 1.165) is 24.3 Å². The quantitative estimate of drug-likeness (QED) is 0.0220. The summed E-state index contributed by atoms with van der Waals surface area (Å²) in [5.74, 6) is -1.49. The molecule has 0 saturated heterocycles. The van der Waals surface area contributed by atoms with E-state index in [1.165, 1.54) is 32.4 Å². The lowest BCUT2D eigenvalue weighted by molar-refractivity contribution is -0.434. The normalized spacial score (nSPS) is 12.9. The Bertz CT molecular complexity index is 2290. The van der Waals surface area contributed by atoms with E-state index in [-0.39, 0.29) is 40.1 Å². The van der Waals surface area contributed by atoms with Crippen molar-refractivity contribution in [3.8, 4) is 11.5 Å². The Hall–Kier alpha value is -4.07. The van der Waals surface area contributed by atoms with Crippen LogP contribution in [-0.4, -0.2) is 87.0 Å². The molecule has 28 heteroatoms. The van der Waals surface area contributed by atoms with Gasteiger partial charge in [0.25, 0.3) is 10.1 Å². The number of azo groups is 2. The van der Waals surface area contributed by atoms with Crippen molar-refractivity contribution in [1.29, 1.82) is 0 Å². The van der Waals surface area contributed by atoms with Gasteiger partial charge in [-0.3, -0.25) is 13.3 Å². The number of nitrogen functional groups attached to an aromatic ring is 2. The van der Waals surface area contributed by atoms with Gasteiger partial charge < -0.3 is 20.9 Å². The third-order valence-corrected chi connectivity index (χ3v) is 11.4. The lowest BCUT2D eigenvalue weighted by Gasteiger charge is -2.12. The zero-order chi connectivity index (χ0) is 38.9. The van der Waals surface area contributed by atoms with Crippen LogP contribution in [0.5, 0.6) is 11.5 Å². The van der Waals surface area contributed by atoms with Gasteiger partial charge in [-0.15, -0.1) is 24.8 Å². The number of hydrogen-bond donors (Lipinski definition) is 5. The van der Waals surface area contributed by atoms with Crippen molar-refractivity contribution in [1.82, 2.24) is 0 Å². The van der Waals surface area contributed by atoms with E-state index in [1.807, 2.05) is 0 Å². The molecule has 0 amide bonds. The Morgan fingerprint density at radius 2 is 1.19 bits per heavy atom. The van der Waals surface area contributed by atoms with Gasteiger partial charge in [0, 0.05) is 0 Å². The van der Waals surface area contributed by atoms with Crippen LogP contribution in [0.15, 0.2) is 77.6 Å². The molecule has 0 atom stereocenters. The van der Waals surface area contributed by atoms with Crippen LogP contribution in [0.3, 0.4) is 0 Å². The number of nitrogens with two attached hydrogens (primary N) is 2. The van der Waals surface area contributed by atoms with Crippen molar-refractivity contribution < 1.29 is 75.2 Å². The average Bonchev–Trinajstić information content (AvgIpc) is 3.06. The molecular weight excluding hydrogens is 805 g/mol. The zero-order valence-corrected chi connectivity index (χ0v) is 30.5. The molecule has 23 nitrogen and oxygen atoms in total. The Kier molecular flexibility index (Phi) is 14.4. The fraction of sp³-hybridized carbons (Fsp3) is 0.250. The van der Waals surface area contributed by atoms with E-state index >= 15 is 0 Å². The number of hydrogen-bond acceptors (Lipinski definition) is 22. The topological polar surface area (TPSA) is 354 Å². The van der Waals surface area contributed by atoms with Crippen molar-refractivity contribution >= 4 is 86.6 Å². The van der Waals surface area contributed by atoms with E-state index in [1.54, 1.807) is 0 Å². The summed E-state index contributed by atoms with van der Waals surface area (Å²) >= 11 is 0.175. The molecule has 286 valence electrons. The van der Waals surface area contributed by atoms with Crippen molar-refractivity contribution in [2.75, 3.05) is 50.4 Å². The highest BCUT2D eigenvalue weighted by molar-refractivity contribution is 7.92. The monoisotopic (exact) mass is 832 g/mol. The number of benzene rings is 3. The standard InChI is InChI=1S/C24H28N6O17S5/c1-42-19-5-3-14(49(32,33)9-7-44-48-47-46-31)11-16(19)27-29-18-13-21(51(36,37)38)23(26)24(22(18)25)30-28-17-12-15(4-6-20(17)43-2)50(34,35)10-8-45-52(39,40)41/h3-6,11-13,31H,7-10,25-26H2,1-2H3,(H,36,37,38)(H,39,40,41)/b29-27+,30-28+. The van der Waals surface area contributed by atoms with Gasteiger partial charge in [0.2, 0.25) is 0 Å². The van der Waals surface area contributed by atoms with Crippen LogP contribution in [0.1, 0.15) is 0 Å².